The highest BCUT2D eigenvalue weighted by Gasteiger charge is 2.12. The lowest BCUT2D eigenvalue weighted by molar-refractivity contribution is 0.413. The van der Waals surface area contributed by atoms with Crippen molar-refractivity contribution < 1.29 is 9.15 Å². The molecule has 1 aromatic heterocycles. The Labute approximate surface area is 120 Å². The van der Waals surface area contributed by atoms with Crippen LogP contribution < -0.4 is 10.4 Å². The fourth-order valence-corrected chi connectivity index (χ4v) is 2.89. The molecule has 3 nitrogen and oxygen atoms in total. The van der Waals surface area contributed by atoms with Crippen LogP contribution in [-0.4, -0.2) is 7.11 Å². The molecule has 3 aromatic carbocycles. The molecule has 0 radical (unpaired) electrons. The number of ether oxygens (including phenoxy) is 1. The first-order valence-corrected chi connectivity index (χ1v) is 6.70. The summed E-state index contributed by atoms with van der Waals surface area (Å²) in [6.45, 7) is 0. The molecule has 0 saturated heterocycles. The normalized spacial score (nSPS) is 11.3. The standard InChI is InChI=1S/C18H12O3/c1-20-15-10-16(19)21-14-9-8-12-7-6-11-4-2-3-5-13(11)17(12)18(14)15/h2-10H,1H3. The van der Waals surface area contributed by atoms with Crippen LogP contribution in [0, 0.1) is 0 Å². The number of hydrogen-bond acceptors (Lipinski definition) is 3. The maximum atomic E-state index is 11.6. The summed E-state index contributed by atoms with van der Waals surface area (Å²) in [5.41, 5.74) is 0.141. The number of rotatable bonds is 1. The number of benzene rings is 3. The second kappa shape index (κ2) is 4.35. The molecule has 21 heavy (non-hydrogen) atoms. The Morgan fingerprint density at radius 1 is 0.905 bits per heavy atom. The number of hydrogen-bond donors (Lipinski definition) is 0. The van der Waals surface area contributed by atoms with Gasteiger partial charge in [-0.15, -0.1) is 0 Å². The fourth-order valence-electron chi connectivity index (χ4n) is 2.89. The Balaban J connectivity index is 2.37. The smallest absolute Gasteiger partial charge is 0.339 e. The molecule has 0 N–H and O–H groups in total. The first kappa shape index (κ1) is 12.0. The molecule has 0 unspecified atom stereocenters. The molecule has 0 aliphatic rings. The molecule has 0 atom stereocenters. The van der Waals surface area contributed by atoms with Crippen LogP contribution >= 0.6 is 0 Å². The lowest BCUT2D eigenvalue weighted by atomic mass is 9.98. The summed E-state index contributed by atoms with van der Waals surface area (Å²) in [6.07, 6.45) is 0. The minimum atomic E-state index is -0.404. The SMILES string of the molecule is COc1cc(=O)oc2ccc3ccc4ccccc4c3c12. The van der Waals surface area contributed by atoms with Gasteiger partial charge in [0.05, 0.1) is 18.6 Å². The minimum absolute atomic E-state index is 0.404. The first-order chi connectivity index (χ1) is 10.3. The van der Waals surface area contributed by atoms with E-state index in [2.05, 4.69) is 24.3 Å². The van der Waals surface area contributed by atoms with E-state index in [0.29, 0.717) is 11.3 Å². The van der Waals surface area contributed by atoms with Crippen molar-refractivity contribution in [1.29, 1.82) is 0 Å². The molecule has 0 fully saturated rings. The van der Waals surface area contributed by atoms with Crippen molar-refractivity contribution in [2.45, 2.75) is 0 Å². The molecule has 1 heterocycles. The van der Waals surface area contributed by atoms with E-state index in [-0.39, 0.29) is 0 Å². The number of fused-ring (bicyclic) bond motifs is 5. The molecule has 0 spiro atoms. The summed E-state index contributed by atoms with van der Waals surface area (Å²) in [5.74, 6) is 0.545. The van der Waals surface area contributed by atoms with Crippen molar-refractivity contribution in [3.8, 4) is 5.75 Å². The van der Waals surface area contributed by atoms with Crippen LogP contribution in [0.4, 0.5) is 0 Å². The van der Waals surface area contributed by atoms with Gasteiger partial charge in [0.15, 0.2) is 0 Å². The Morgan fingerprint density at radius 3 is 2.52 bits per heavy atom. The second-order valence-corrected chi connectivity index (χ2v) is 4.96. The highest BCUT2D eigenvalue weighted by molar-refractivity contribution is 6.20. The zero-order valence-electron chi connectivity index (χ0n) is 11.4. The van der Waals surface area contributed by atoms with E-state index in [0.717, 1.165) is 26.9 Å². The van der Waals surface area contributed by atoms with Gasteiger partial charge in [0, 0.05) is 5.39 Å². The van der Waals surface area contributed by atoms with Gasteiger partial charge in [-0.1, -0.05) is 42.5 Å². The van der Waals surface area contributed by atoms with Crippen LogP contribution in [0.2, 0.25) is 0 Å². The molecule has 4 rings (SSSR count). The van der Waals surface area contributed by atoms with Gasteiger partial charge >= 0.3 is 5.63 Å². The Morgan fingerprint density at radius 2 is 1.67 bits per heavy atom. The molecule has 0 aliphatic carbocycles. The molecule has 0 saturated carbocycles. The first-order valence-electron chi connectivity index (χ1n) is 6.70. The third-order valence-electron chi connectivity index (χ3n) is 3.80. The van der Waals surface area contributed by atoms with Gasteiger partial charge in [0.25, 0.3) is 0 Å². The van der Waals surface area contributed by atoms with Crippen molar-refractivity contribution in [2.75, 3.05) is 7.11 Å². The van der Waals surface area contributed by atoms with Crippen molar-refractivity contribution in [3.63, 3.8) is 0 Å². The van der Waals surface area contributed by atoms with Crippen molar-refractivity contribution in [2.24, 2.45) is 0 Å². The maximum absolute atomic E-state index is 11.6. The van der Waals surface area contributed by atoms with Gasteiger partial charge in [-0.05, 0) is 22.2 Å². The Kier molecular flexibility index (Phi) is 2.48. The molecular formula is C18H12O3. The highest BCUT2D eigenvalue weighted by Crippen LogP contribution is 2.36. The zero-order valence-corrected chi connectivity index (χ0v) is 11.4. The summed E-state index contributed by atoms with van der Waals surface area (Å²) < 4.78 is 10.7. The van der Waals surface area contributed by atoms with Crippen LogP contribution in [0.1, 0.15) is 0 Å². The van der Waals surface area contributed by atoms with E-state index in [1.165, 1.54) is 6.07 Å². The molecule has 4 aromatic rings. The van der Waals surface area contributed by atoms with Crippen LogP contribution in [0.3, 0.4) is 0 Å². The summed E-state index contributed by atoms with van der Waals surface area (Å²) in [5, 5.41) is 5.24. The third kappa shape index (κ3) is 1.71. The maximum Gasteiger partial charge on any atom is 0.339 e. The summed E-state index contributed by atoms with van der Waals surface area (Å²) in [6, 6.07) is 17.5. The molecule has 3 heteroatoms. The monoisotopic (exact) mass is 276 g/mol. The van der Waals surface area contributed by atoms with E-state index < -0.39 is 5.63 Å². The molecule has 102 valence electrons. The topological polar surface area (TPSA) is 39.4 Å². The van der Waals surface area contributed by atoms with Crippen LogP contribution in [0.25, 0.3) is 32.5 Å². The van der Waals surface area contributed by atoms with Gasteiger partial charge in [-0.25, -0.2) is 4.79 Å². The highest BCUT2D eigenvalue weighted by atomic mass is 16.5. The van der Waals surface area contributed by atoms with E-state index in [4.69, 9.17) is 9.15 Å². The predicted octanol–water partition coefficient (Wildman–Crippen LogP) is 4.11. The summed E-state index contributed by atoms with van der Waals surface area (Å²) >= 11 is 0. The Hall–Kier alpha value is -2.81. The van der Waals surface area contributed by atoms with E-state index in [1.54, 1.807) is 7.11 Å². The lowest BCUT2D eigenvalue weighted by Crippen LogP contribution is -1.99. The largest absolute Gasteiger partial charge is 0.496 e. The lowest BCUT2D eigenvalue weighted by Gasteiger charge is -2.10. The summed E-state index contributed by atoms with van der Waals surface area (Å²) in [7, 11) is 1.57. The second-order valence-electron chi connectivity index (χ2n) is 4.96. The summed E-state index contributed by atoms with van der Waals surface area (Å²) in [4.78, 5) is 11.6. The molecule has 0 aliphatic heterocycles. The van der Waals surface area contributed by atoms with Crippen LogP contribution in [0.15, 0.2) is 63.8 Å². The van der Waals surface area contributed by atoms with Gasteiger partial charge < -0.3 is 9.15 Å². The average Bonchev–Trinajstić information content (AvgIpc) is 2.53. The van der Waals surface area contributed by atoms with Crippen LogP contribution in [-0.2, 0) is 0 Å². The predicted molar refractivity (Wildman–Crippen MR) is 84.0 cm³/mol. The minimum Gasteiger partial charge on any atom is -0.496 e. The van der Waals surface area contributed by atoms with Gasteiger partial charge in [0.1, 0.15) is 11.3 Å². The van der Waals surface area contributed by atoms with E-state index >= 15 is 0 Å². The Bertz CT molecular complexity index is 1040. The molecular weight excluding hydrogens is 264 g/mol. The van der Waals surface area contributed by atoms with Gasteiger partial charge in [-0.2, -0.15) is 0 Å². The quantitative estimate of drug-likeness (QED) is 0.388. The number of methoxy groups -OCH3 is 1. The van der Waals surface area contributed by atoms with E-state index in [9.17, 15) is 4.79 Å². The van der Waals surface area contributed by atoms with Crippen LogP contribution in [0.5, 0.6) is 5.75 Å². The van der Waals surface area contributed by atoms with Crippen molar-refractivity contribution in [3.05, 3.63) is 65.0 Å². The van der Waals surface area contributed by atoms with Gasteiger partial charge in [-0.3, -0.25) is 0 Å². The van der Waals surface area contributed by atoms with Crippen molar-refractivity contribution >= 4 is 32.5 Å². The average molecular weight is 276 g/mol. The molecule has 0 amide bonds. The third-order valence-corrected chi connectivity index (χ3v) is 3.80. The van der Waals surface area contributed by atoms with Gasteiger partial charge in [0.2, 0.25) is 0 Å². The van der Waals surface area contributed by atoms with Crippen molar-refractivity contribution in [1.82, 2.24) is 0 Å². The fraction of sp³-hybridized carbons (Fsp3) is 0.0556. The zero-order chi connectivity index (χ0) is 14.4. The molecule has 0 bridgehead atoms. The van der Waals surface area contributed by atoms with E-state index in [1.807, 2.05) is 24.3 Å².